The first-order valence-corrected chi connectivity index (χ1v) is 8.68. The fourth-order valence-electron chi connectivity index (χ4n) is 2.95. The van der Waals surface area contributed by atoms with Gasteiger partial charge in [-0.3, -0.25) is 4.79 Å². The topological polar surface area (TPSA) is 51.1 Å². The highest BCUT2D eigenvalue weighted by Gasteiger charge is 2.33. The minimum Gasteiger partial charge on any atom is -0.497 e. The van der Waals surface area contributed by atoms with Crippen molar-refractivity contribution in [1.82, 2.24) is 5.01 Å². The van der Waals surface area contributed by atoms with Crippen molar-refractivity contribution in [3.63, 3.8) is 0 Å². The predicted octanol–water partition coefficient (Wildman–Crippen LogP) is 4.16. The lowest BCUT2D eigenvalue weighted by Gasteiger charge is -2.22. The first-order valence-electron chi connectivity index (χ1n) is 7.88. The van der Waals surface area contributed by atoms with E-state index < -0.39 is 0 Å². The predicted molar refractivity (Wildman–Crippen MR) is 100 cm³/mol. The second-order valence-electron chi connectivity index (χ2n) is 5.74. The number of hydrogen-bond donors (Lipinski definition) is 0. The molecule has 0 radical (unpaired) electrons. The molecule has 1 heterocycles. The highest BCUT2D eigenvalue weighted by Crippen LogP contribution is 2.39. The molecule has 1 amide bonds. The Labute approximate surface area is 155 Å². The number of hydrazone groups is 1. The van der Waals surface area contributed by atoms with Crippen molar-refractivity contribution in [3.8, 4) is 11.5 Å². The molecule has 0 aromatic heterocycles. The number of rotatable bonds is 4. The number of ether oxygens (including phenoxy) is 2. The van der Waals surface area contributed by atoms with E-state index in [2.05, 4.69) is 21.0 Å². The Morgan fingerprint density at radius 1 is 1.16 bits per heavy atom. The number of methoxy groups -OCH3 is 2. The van der Waals surface area contributed by atoms with Gasteiger partial charge in [0.25, 0.3) is 0 Å². The standard InChI is InChI=1S/C19H19BrN2O3/c1-12(23)22-18(16-9-8-15(24-2)10-19(16)25-3)11-17(21-22)13-4-6-14(20)7-5-13/h4-10,18H,11H2,1-3H3/t18-/m0/s1. The molecule has 1 atom stereocenters. The second-order valence-corrected chi connectivity index (χ2v) is 6.66. The SMILES string of the molecule is COc1ccc([C@@H]2CC(c3ccc(Br)cc3)=NN2C(C)=O)c(OC)c1. The fraction of sp³-hybridized carbons (Fsp3) is 0.263. The van der Waals surface area contributed by atoms with Crippen LogP contribution in [0.2, 0.25) is 0 Å². The number of amides is 1. The Balaban J connectivity index is 1.97. The summed E-state index contributed by atoms with van der Waals surface area (Å²) in [7, 11) is 3.22. The van der Waals surface area contributed by atoms with Crippen molar-refractivity contribution < 1.29 is 14.3 Å². The van der Waals surface area contributed by atoms with E-state index in [1.807, 2.05) is 42.5 Å². The van der Waals surface area contributed by atoms with Gasteiger partial charge < -0.3 is 9.47 Å². The molecule has 1 aliphatic rings. The van der Waals surface area contributed by atoms with Crippen LogP contribution < -0.4 is 9.47 Å². The Morgan fingerprint density at radius 3 is 2.48 bits per heavy atom. The molecule has 130 valence electrons. The Bertz CT molecular complexity index is 818. The van der Waals surface area contributed by atoms with Crippen LogP contribution in [0.25, 0.3) is 0 Å². The largest absolute Gasteiger partial charge is 0.497 e. The highest BCUT2D eigenvalue weighted by atomic mass is 79.9. The van der Waals surface area contributed by atoms with E-state index >= 15 is 0 Å². The van der Waals surface area contributed by atoms with Gasteiger partial charge in [0.05, 0.1) is 26.0 Å². The van der Waals surface area contributed by atoms with Gasteiger partial charge in [0.1, 0.15) is 11.5 Å². The zero-order valence-electron chi connectivity index (χ0n) is 14.3. The van der Waals surface area contributed by atoms with Crippen LogP contribution >= 0.6 is 15.9 Å². The van der Waals surface area contributed by atoms with E-state index in [-0.39, 0.29) is 11.9 Å². The highest BCUT2D eigenvalue weighted by molar-refractivity contribution is 9.10. The molecule has 0 saturated carbocycles. The molecular weight excluding hydrogens is 384 g/mol. The van der Waals surface area contributed by atoms with Crippen LogP contribution in [0.4, 0.5) is 0 Å². The fourth-order valence-corrected chi connectivity index (χ4v) is 3.22. The Morgan fingerprint density at radius 2 is 1.88 bits per heavy atom. The lowest BCUT2D eigenvalue weighted by atomic mass is 9.97. The van der Waals surface area contributed by atoms with Gasteiger partial charge in [-0.2, -0.15) is 5.10 Å². The van der Waals surface area contributed by atoms with Crippen molar-refractivity contribution in [2.45, 2.75) is 19.4 Å². The van der Waals surface area contributed by atoms with E-state index in [0.717, 1.165) is 21.3 Å². The summed E-state index contributed by atoms with van der Waals surface area (Å²) >= 11 is 3.44. The summed E-state index contributed by atoms with van der Waals surface area (Å²) in [6.07, 6.45) is 0.629. The zero-order chi connectivity index (χ0) is 18.0. The van der Waals surface area contributed by atoms with Gasteiger partial charge in [0, 0.05) is 29.4 Å². The number of halogens is 1. The third-order valence-electron chi connectivity index (χ3n) is 4.21. The van der Waals surface area contributed by atoms with Gasteiger partial charge in [-0.05, 0) is 29.8 Å². The molecule has 6 heteroatoms. The first-order chi connectivity index (χ1) is 12.0. The van der Waals surface area contributed by atoms with Crippen LogP contribution in [-0.4, -0.2) is 30.8 Å². The quantitative estimate of drug-likeness (QED) is 0.770. The molecule has 0 saturated heterocycles. The van der Waals surface area contributed by atoms with Crippen LogP contribution in [0.1, 0.15) is 30.5 Å². The summed E-state index contributed by atoms with van der Waals surface area (Å²) in [6.45, 7) is 1.52. The zero-order valence-corrected chi connectivity index (χ0v) is 15.9. The summed E-state index contributed by atoms with van der Waals surface area (Å²) in [5, 5.41) is 6.09. The van der Waals surface area contributed by atoms with Gasteiger partial charge in [-0.15, -0.1) is 0 Å². The molecule has 1 aliphatic heterocycles. The van der Waals surface area contributed by atoms with E-state index in [1.54, 1.807) is 14.2 Å². The molecule has 25 heavy (non-hydrogen) atoms. The average Bonchev–Trinajstić information content (AvgIpc) is 3.07. The molecule has 0 bridgehead atoms. The molecule has 3 rings (SSSR count). The summed E-state index contributed by atoms with van der Waals surface area (Å²) < 4.78 is 11.8. The van der Waals surface area contributed by atoms with Gasteiger partial charge in [0.2, 0.25) is 5.91 Å². The van der Waals surface area contributed by atoms with Crippen molar-refractivity contribution in [2.24, 2.45) is 5.10 Å². The van der Waals surface area contributed by atoms with Gasteiger partial charge in [-0.1, -0.05) is 28.1 Å². The molecule has 0 N–H and O–H groups in total. The minimum absolute atomic E-state index is 0.102. The van der Waals surface area contributed by atoms with Crippen LogP contribution in [0.5, 0.6) is 11.5 Å². The number of nitrogens with zero attached hydrogens (tertiary/aromatic N) is 2. The number of carbonyl (C=O) groups is 1. The maximum absolute atomic E-state index is 12.1. The number of carbonyl (C=O) groups excluding carboxylic acids is 1. The van der Waals surface area contributed by atoms with Crippen LogP contribution in [0, 0.1) is 0 Å². The summed E-state index contributed by atoms with van der Waals surface area (Å²) in [5.41, 5.74) is 2.80. The first kappa shape index (κ1) is 17.5. The summed E-state index contributed by atoms with van der Waals surface area (Å²) in [6, 6.07) is 13.4. The molecule has 0 unspecified atom stereocenters. The normalized spacial score (nSPS) is 16.6. The molecule has 2 aromatic rings. The van der Waals surface area contributed by atoms with Crippen molar-refractivity contribution in [1.29, 1.82) is 0 Å². The monoisotopic (exact) mass is 402 g/mol. The molecule has 0 spiro atoms. The third-order valence-corrected chi connectivity index (χ3v) is 4.74. The Hall–Kier alpha value is -2.34. The van der Waals surface area contributed by atoms with E-state index in [1.165, 1.54) is 11.9 Å². The van der Waals surface area contributed by atoms with E-state index in [0.29, 0.717) is 17.9 Å². The lowest BCUT2D eigenvalue weighted by molar-refractivity contribution is -0.130. The molecule has 2 aromatic carbocycles. The smallest absolute Gasteiger partial charge is 0.240 e. The lowest BCUT2D eigenvalue weighted by Crippen LogP contribution is -2.24. The van der Waals surface area contributed by atoms with Crippen LogP contribution in [0.15, 0.2) is 52.0 Å². The van der Waals surface area contributed by atoms with Crippen molar-refractivity contribution in [2.75, 3.05) is 14.2 Å². The van der Waals surface area contributed by atoms with Gasteiger partial charge in [0.15, 0.2) is 0 Å². The molecule has 0 aliphatic carbocycles. The number of hydrogen-bond acceptors (Lipinski definition) is 4. The molecule has 5 nitrogen and oxygen atoms in total. The third kappa shape index (κ3) is 3.54. The van der Waals surface area contributed by atoms with E-state index in [9.17, 15) is 4.79 Å². The molecular formula is C19H19BrN2O3. The second kappa shape index (κ2) is 7.27. The summed E-state index contributed by atoms with van der Waals surface area (Å²) in [4.78, 5) is 12.1. The average molecular weight is 403 g/mol. The summed E-state index contributed by atoms with van der Waals surface area (Å²) in [5.74, 6) is 1.29. The van der Waals surface area contributed by atoms with E-state index in [4.69, 9.17) is 9.47 Å². The van der Waals surface area contributed by atoms with Crippen molar-refractivity contribution >= 4 is 27.5 Å². The van der Waals surface area contributed by atoms with Gasteiger partial charge in [-0.25, -0.2) is 5.01 Å². The maximum atomic E-state index is 12.1. The number of benzene rings is 2. The Kier molecular flexibility index (Phi) is 5.08. The van der Waals surface area contributed by atoms with Crippen molar-refractivity contribution in [3.05, 3.63) is 58.1 Å². The molecule has 0 fully saturated rings. The minimum atomic E-state index is -0.197. The van der Waals surface area contributed by atoms with Crippen LogP contribution in [-0.2, 0) is 4.79 Å². The van der Waals surface area contributed by atoms with Gasteiger partial charge >= 0.3 is 0 Å². The van der Waals surface area contributed by atoms with Crippen LogP contribution in [0.3, 0.4) is 0 Å². The maximum Gasteiger partial charge on any atom is 0.240 e.